The quantitative estimate of drug-likeness (QED) is 0.725. The summed E-state index contributed by atoms with van der Waals surface area (Å²) < 4.78 is 19.4. The second kappa shape index (κ2) is 5.52. The lowest BCUT2D eigenvalue weighted by Gasteiger charge is -2.14. The van der Waals surface area contributed by atoms with Gasteiger partial charge < -0.3 is 4.42 Å². The first-order chi connectivity index (χ1) is 11.6. The van der Waals surface area contributed by atoms with Gasteiger partial charge in [-0.25, -0.2) is 19.3 Å². The van der Waals surface area contributed by atoms with Gasteiger partial charge in [0.25, 0.3) is 5.91 Å². The van der Waals surface area contributed by atoms with Crippen LogP contribution in [0.3, 0.4) is 0 Å². The zero-order valence-electron chi connectivity index (χ0n) is 12.9. The van der Waals surface area contributed by atoms with E-state index in [0.717, 1.165) is 5.56 Å². The van der Waals surface area contributed by atoms with Crippen LogP contribution in [-0.4, -0.2) is 27.4 Å². The third-order valence-electron chi connectivity index (χ3n) is 3.97. The molecule has 0 bridgehead atoms. The lowest BCUT2D eigenvalue weighted by Crippen LogP contribution is -2.30. The number of benzene rings is 1. The number of hydrogen-bond acceptors (Lipinski definition) is 5. The average Bonchev–Trinajstić information content (AvgIpc) is 3.18. The second-order valence-electron chi connectivity index (χ2n) is 5.48. The second-order valence-corrected chi connectivity index (χ2v) is 5.48. The standard InChI is InChI=1S/C17H13FN4O2/c1-10-14(21-16(24-10)12-4-2-3-5-13(12)18)17(23)22-7-6-11-8-19-9-20-15(11)22/h2-5,8-9H,6-7H2,1H3. The molecule has 0 unspecified atom stereocenters. The fourth-order valence-electron chi connectivity index (χ4n) is 2.78. The molecule has 2 aromatic heterocycles. The Morgan fingerprint density at radius 3 is 3.00 bits per heavy atom. The van der Waals surface area contributed by atoms with Crippen molar-refractivity contribution >= 4 is 11.7 Å². The molecule has 0 atom stereocenters. The Bertz CT molecular complexity index is 938. The molecular formula is C17H13FN4O2. The highest BCUT2D eigenvalue weighted by Gasteiger charge is 2.30. The number of carbonyl (C=O) groups is 1. The zero-order chi connectivity index (χ0) is 16.7. The molecule has 0 radical (unpaired) electrons. The Morgan fingerprint density at radius 2 is 2.17 bits per heavy atom. The molecule has 1 aliphatic heterocycles. The van der Waals surface area contributed by atoms with Crippen molar-refractivity contribution in [3.63, 3.8) is 0 Å². The van der Waals surface area contributed by atoms with E-state index in [0.29, 0.717) is 24.5 Å². The van der Waals surface area contributed by atoms with Crippen LogP contribution in [0, 0.1) is 12.7 Å². The van der Waals surface area contributed by atoms with E-state index in [9.17, 15) is 9.18 Å². The first kappa shape index (κ1) is 14.5. The molecule has 0 spiro atoms. The molecule has 3 heterocycles. The molecule has 3 aromatic rings. The summed E-state index contributed by atoms with van der Waals surface area (Å²) in [6.45, 7) is 2.15. The van der Waals surface area contributed by atoms with Gasteiger partial charge in [0.2, 0.25) is 5.89 Å². The number of carbonyl (C=O) groups excluding carboxylic acids is 1. The van der Waals surface area contributed by atoms with E-state index in [4.69, 9.17) is 4.42 Å². The summed E-state index contributed by atoms with van der Waals surface area (Å²) >= 11 is 0. The van der Waals surface area contributed by atoms with Crippen LogP contribution in [0.5, 0.6) is 0 Å². The van der Waals surface area contributed by atoms with Gasteiger partial charge in [-0.3, -0.25) is 9.69 Å². The topological polar surface area (TPSA) is 72.1 Å². The minimum absolute atomic E-state index is 0.0936. The molecule has 1 aliphatic rings. The third kappa shape index (κ3) is 2.25. The number of aromatic nitrogens is 3. The van der Waals surface area contributed by atoms with Crippen molar-refractivity contribution in [1.29, 1.82) is 0 Å². The molecule has 1 amide bonds. The van der Waals surface area contributed by atoms with E-state index < -0.39 is 5.82 Å². The number of halogens is 1. The number of fused-ring (bicyclic) bond motifs is 1. The minimum atomic E-state index is -0.447. The smallest absolute Gasteiger partial charge is 0.281 e. The molecule has 0 saturated heterocycles. The predicted octanol–water partition coefficient (Wildman–Crippen LogP) is 2.78. The summed E-state index contributed by atoms with van der Waals surface area (Å²) in [5.41, 5.74) is 1.31. The zero-order valence-corrected chi connectivity index (χ0v) is 12.9. The molecule has 0 N–H and O–H groups in total. The number of oxazole rings is 1. The van der Waals surface area contributed by atoms with Crippen LogP contribution >= 0.6 is 0 Å². The van der Waals surface area contributed by atoms with Crippen molar-refractivity contribution in [3.05, 3.63) is 59.6 Å². The summed E-state index contributed by atoms with van der Waals surface area (Å²) in [4.78, 5) is 26.7. The maximum atomic E-state index is 13.9. The average molecular weight is 324 g/mol. The van der Waals surface area contributed by atoms with Gasteiger partial charge in [0, 0.05) is 18.3 Å². The van der Waals surface area contributed by atoms with Gasteiger partial charge >= 0.3 is 0 Å². The molecule has 0 fully saturated rings. The Morgan fingerprint density at radius 1 is 1.33 bits per heavy atom. The highest BCUT2D eigenvalue weighted by atomic mass is 19.1. The van der Waals surface area contributed by atoms with E-state index in [2.05, 4.69) is 15.0 Å². The summed E-state index contributed by atoms with van der Waals surface area (Å²) in [6.07, 6.45) is 3.81. The number of nitrogens with zero attached hydrogens (tertiary/aromatic N) is 4. The molecule has 6 nitrogen and oxygen atoms in total. The van der Waals surface area contributed by atoms with Crippen LogP contribution in [0.25, 0.3) is 11.5 Å². The van der Waals surface area contributed by atoms with Crippen molar-refractivity contribution in [1.82, 2.24) is 15.0 Å². The minimum Gasteiger partial charge on any atom is -0.440 e. The lowest BCUT2D eigenvalue weighted by atomic mass is 10.2. The van der Waals surface area contributed by atoms with E-state index in [1.165, 1.54) is 12.4 Å². The Balaban J connectivity index is 1.71. The van der Waals surface area contributed by atoms with Gasteiger partial charge in [-0.2, -0.15) is 0 Å². The van der Waals surface area contributed by atoms with Gasteiger partial charge in [-0.05, 0) is 25.5 Å². The number of anilines is 1. The molecule has 4 rings (SSSR count). The van der Waals surface area contributed by atoms with Crippen molar-refractivity contribution in [2.24, 2.45) is 0 Å². The molecule has 7 heteroatoms. The van der Waals surface area contributed by atoms with Crippen molar-refractivity contribution in [2.45, 2.75) is 13.3 Å². The van der Waals surface area contributed by atoms with Crippen LogP contribution < -0.4 is 4.90 Å². The number of hydrogen-bond donors (Lipinski definition) is 0. The molecule has 0 aliphatic carbocycles. The predicted molar refractivity (Wildman–Crippen MR) is 84.0 cm³/mol. The SMILES string of the molecule is Cc1oc(-c2ccccc2F)nc1C(=O)N1CCc2cncnc21. The van der Waals surface area contributed by atoms with Crippen molar-refractivity contribution in [3.8, 4) is 11.5 Å². The molecule has 24 heavy (non-hydrogen) atoms. The van der Waals surface area contributed by atoms with Gasteiger partial charge in [-0.15, -0.1) is 0 Å². The van der Waals surface area contributed by atoms with Crippen LogP contribution in [-0.2, 0) is 6.42 Å². The van der Waals surface area contributed by atoms with Crippen LogP contribution in [0.15, 0.2) is 41.2 Å². The molecule has 1 aromatic carbocycles. The molecule has 0 saturated carbocycles. The molecular weight excluding hydrogens is 311 g/mol. The first-order valence-corrected chi connectivity index (χ1v) is 7.48. The largest absolute Gasteiger partial charge is 0.440 e. The van der Waals surface area contributed by atoms with Gasteiger partial charge in [-0.1, -0.05) is 12.1 Å². The van der Waals surface area contributed by atoms with Crippen LogP contribution in [0.1, 0.15) is 21.8 Å². The van der Waals surface area contributed by atoms with Crippen molar-refractivity contribution < 1.29 is 13.6 Å². The highest BCUT2D eigenvalue weighted by molar-refractivity contribution is 6.06. The van der Waals surface area contributed by atoms with Gasteiger partial charge in [0.15, 0.2) is 5.69 Å². The number of amides is 1. The lowest BCUT2D eigenvalue weighted by molar-refractivity contribution is 0.0983. The summed E-state index contributed by atoms with van der Waals surface area (Å²) in [5, 5.41) is 0. The Hall–Kier alpha value is -3.09. The maximum Gasteiger partial charge on any atom is 0.281 e. The third-order valence-corrected chi connectivity index (χ3v) is 3.97. The van der Waals surface area contributed by atoms with Gasteiger partial charge in [0.05, 0.1) is 5.56 Å². The monoisotopic (exact) mass is 324 g/mol. The van der Waals surface area contributed by atoms with Crippen molar-refractivity contribution in [2.75, 3.05) is 11.4 Å². The fraction of sp³-hybridized carbons (Fsp3) is 0.176. The number of rotatable bonds is 2. The molecule has 120 valence electrons. The summed E-state index contributed by atoms with van der Waals surface area (Å²) in [7, 11) is 0. The number of aryl methyl sites for hydroxylation is 1. The van der Waals surface area contributed by atoms with E-state index in [-0.39, 0.29) is 23.1 Å². The first-order valence-electron chi connectivity index (χ1n) is 7.48. The highest BCUT2D eigenvalue weighted by Crippen LogP contribution is 2.29. The van der Waals surface area contributed by atoms with Crippen LogP contribution in [0.2, 0.25) is 0 Å². The van der Waals surface area contributed by atoms with E-state index in [1.54, 1.807) is 36.2 Å². The summed E-state index contributed by atoms with van der Waals surface area (Å²) in [6, 6.07) is 6.16. The Kier molecular flexibility index (Phi) is 3.34. The van der Waals surface area contributed by atoms with E-state index in [1.807, 2.05) is 0 Å². The summed E-state index contributed by atoms with van der Waals surface area (Å²) in [5.74, 6) is 0.273. The Labute approximate surface area is 137 Å². The van der Waals surface area contributed by atoms with E-state index >= 15 is 0 Å². The van der Waals surface area contributed by atoms with Gasteiger partial charge in [0.1, 0.15) is 23.7 Å². The normalized spacial score (nSPS) is 13.2. The fourth-order valence-corrected chi connectivity index (χ4v) is 2.78. The van der Waals surface area contributed by atoms with Crippen LogP contribution in [0.4, 0.5) is 10.2 Å². The maximum absolute atomic E-state index is 13.9.